The van der Waals surface area contributed by atoms with Crippen LogP contribution in [0, 0.1) is 6.92 Å². The zero-order valence-corrected chi connectivity index (χ0v) is 16.3. The van der Waals surface area contributed by atoms with Crippen molar-refractivity contribution in [1.29, 1.82) is 0 Å². The summed E-state index contributed by atoms with van der Waals surface area (Å²) in [6, 6.07) is 15.1. The first-order valence-corrected chi connectivity index (χ1v) is 9.33. The Labute approximate surface area is 165 Å². The number of anilines is 4. The molecule has 0 amide bonds. The predicted molar refractivity (Wildman–Crippen MR) is 112 cm³/mol. The molecule has 28 heavy (non-hydrogen) atoms. The summed E-state index contributed by atoms with van der Waals surface area (Å²) in [5, 5.41) is 6.56. The Morgan fingerprint density at radius 1 is 1.04 bits per heavy atom. The lowest BCUT2D eigenvalue weighted by Gasteiger charge is -2.14. The van der Waals surface area contributed by atoms with Crippen molar-refractivity contribution in [2.45, 2.75) is 27.2 Å². The molecule has 3 aromatic rings. The van der Waals surface area contributed by atoms with E-state index in [4.69, 9.17) is 4.74 Å². The van der Waals surface area contributed by atoms with Crippen LogP contribution in [-0.4, -0.2) is 22.5 Å². The fraction of sp³-hybridized carbons (Fsp3) is 0.227. The van der Waals surface area contributed by atoms with E-state index < -0.39 is 0 Å². The van der Waals surface area contributed by atoms with Crippen LogP contribution in [0.5, 0.6) is 0 Å². The number of hydrogen-bond donors (Lipinski definition) is 2. The van der Waals surface area contributed by atoms with Crippen LogP contribution in [0.1, 0.15) is 35.3 Å². The fourth-order valence-corrected chi connectivity index (χ4v) is 2.85. The van der Waals surface area contributed by atoms with Crippen molar-refractivity contribution < 1.29 is 9.53 Å². The van der Waals surface area contributed by atoms with Gasteiger partial charge in [-0.25, -0.2) is 9.78 Å². The monoisotopic (exact) mass is 376 g/mol. The number of aromatic nitrogens is 2. The number of carbonyl (C=O) groups excluding carboxylic acids is 1. The van der Waals surface area contributed by atoms with Gasteiger partial charge in [0.25, 0.3) is 0 Å². The Kier molecular flexibility index (Phi) is 6.22. The summed E-state index contributed by atoms with van der Waals surface area (Å²) in [7, 11) is 0. The third kappa shape index (κ3) is 4.65. The quantitative estimate of drug-likeness (QED) is 0.565. The van der Waals surface area contributed by atoms with Gasteiger partial charge in [-0.2, -0.15) is 4.98 Å². The van der Waals surface area contributed by atoms with E-state index in [1.807, 2.05) is 6.07 Å². The summed E-state index contributed by atoms with van der Waals surface area (Å²) in [5.74, 6) is 0.853. The van der Waals surface area contributed by atoms with E-state index >= 15 is 0 Å². The maximum Gasteiger partial charge on any atom is 0.338 e. The molecule has 1 aromatic heterocycles. The van der Waals surface area contributed by atoms with Crippen LogP contribution in [0.2, 0.25) is 0 Å². The molecule has 0 radical (unpaired) electrons. The molecule has 3 rings (SSSR count). The van der Waals surface area contributed by atoms with Gasteiger partial charge in [0.1, 0.15) is 5.82 Å². The Balaban J connectivity index is 1.74. The van der Waals surface area contributed by atoms with E-state index in [2.05, 4.69) is 52.6 Å². The summed E-state index contributed by atoms with van der Waals surface area (Å²) < 4.78 is 4.99. The number of aryl methyl sites for hydroxylation is 2. The summed E-state index contributed by atoms with van der Waals surface area (Å²) >= 11 is 0. The molecule has 0 fully saturated rings. The highest BCUT2D eigenvalue weighted by atomic mass is 16.5. The minimum absolute atomic E-state index is 0.332. The highest BCUT2D eigenvalue weighted by molar-refractivity contribution is 5.89. The maximum atomic E-state index is 11.7. The van der Waals surface area contributed by atoms with Crippen molar-refractivity contribution in [3.05, 3.63) is 71.4 Å². The van der Waals surface area contributed by atoms with Crippen molar-refractivity contribution in [2.75, 3.05) is 17.2 Å². The predicted octanol–water partition coefficient (Wildman–Crippen LogP) is 5.01. The van der Waals surface area contributed by atoms with Crippen LogP contribution < -0.4 is 10.6 Å². The molecule has 144 valence electrons. The standard InChI is InChI=1S/C22H24N4O2/c1-4-16-8-6-7-15(3)20(16)25-19-13-14-23-22(26-19)24-18-11-9-17(10-12-18)21(27)28-5-2/h6-14H,4-5H2,1-3H3,(H2,23,24,25,26). The Morgan fingerprint density at radius 3 is 2.54 bits per heavy atom. The average Bonchev–Trinajstić information content (AvgIpc) is 2.70. The molecule has 0 saturated carbocycles. The van der Waals surface area contributed by atoms with Crippen molar-refractivity contribution in [3.8, 4) is 0 Å². The number of nitrogens with one attached hydrogen (secondary N) is 2. The van der Waals surface area contributed by atoms with Gasteiger partial charge in [0.05, 0.1) is 12.2 Å². The number of nitrogens with zero attached hydrogens (tertiary/aromatic N) is 2. The zero-order valence-electron chi connectivity index (χ0n) is 16.3. The normalized spacial score (nSPS) is 10.4. The van der Waals surface area contributed by atoms with Gasteiger partial charge in [-0.15, -0.1) is 0 Å². The summed E-state index contributed by atoms with van der Waals surface area (Å²) in [4.78, 5) is 20.6. The molecule has 0 aliphatic carbocycles. The first-order chi connectivity index (χ1) is 13.6. The zero-order chi connectivity index (χ0) is 19.9. The van der Waals surface area contributed by atoms with E-state index in [0.29, 0.717) is 23.9 Å². The fourth-order valence-electron chi connectivity index (χ4n) is 2.85. The van der Waals surface area contributed by atoms with Crippen molar-refractivity contribution in [1.82, 2.24) is 9.97 Å². The second-order valence-electron chi connectivity index (χ2n) is 6.28. The topological polar surface area (TPSA) is 76.1 Å². The van der Waals surface area contributed by atoms with Crippen LogP contribution in [0.3, 0.4) is 0 Å². The average molecular weight is 376 g/mol. The number of rotatable bonds is 7. The molecule has 0 bridgehead atoms. The third-order valence-corrected chi connectivity index (χ3v) is 4.30. The van der Waals surface area contributed by atoms with Gasteiger partial charge < -0.3 is 15.4 Å². The van der Waals surface area contributed by atoms with Gasteiger partial charge in [0, 0.05) is 17.6 Å². The van der Waals surface area contributed by atoms with Gasteiger partial charge in [0.2, 0.25) is 5.95 Å². The van der Waals surface area contributed by atoms with E-state index in [9.17, 15) is 4.79 Å². The minimum atomic E-state index is -0.332. The first kappa shape index (κ1) is 19.4. The van der Waals surface area contributed by atoms with Gasteiger partial charge in [-0.3, -0.25) is 0 Å². The Morgan fingerprint density at radius 2 is 1.82 bits per heavy atom. The van der Waals surface area contributed by atoms with E-state index in [1.54, 1.807) is 37.4 Å². The molecule has 2 aromatic carbocycles. The summed E-state index contributed by atoms with van der Waals surface area (Å²) in [5.41, 5.74) is 4.78. The van der Waals surface area contributed by atoms with Crippen LogP contribution in [0.25, 0.3) is 0 Å². The smallest absolute Gasteiger partial charge is 0.338 e. The molecule has 0 saturated heterocycles. The second-order valence-corrected chi connectivity index (χ2v) is 6.28. The van der Waals surface area contributed by atoms with E-state index in [1.165, 1.54) is 11.1 Å². The molecule has 0 unspecified atom stereocenters. The van der Waals surface area contributed by atoms with Crippen LogP contribution in [-0.2, 0) is 11.2 Å². The molecule has 1 heterocycles. The number of benzene rings is 2. The molecule has 0 aliphatic heterocycles. The van der Waals surface area contributed by atoms with E-state index in [-0.39, 0.29) is 5.97 Å². The highest BCUT2D eigenvalue weighted by Crippen LogP contribution is 2.25. The number of para-hydroxylation sites is 1. The lowest BCUT2D eigenvalue weighted by Crippen LogP contribution is -2.05. The highest BCUT2D eigenvalue weighted by Gasteiger charge is 2.08. The third-order valence-electron chi connectivity index (χ3n) is 4.30. The van der Waals surface area contributed by atoms with Crippen LogP contribution in [0.15, 0.2) is 54.7 Å². The molecular formula is C22H24N4O2. The molecule has 6 nitrogen and oxygen atoms in total. The van der Waals surface area contributed by atoms with Gasteiger partial charge >= 0.3 is 5.97 Å². The largest absolute Gasteiger partial charge is 0.462 e. The van der Waals surface area contributed by atoms with E-state index in [0.717, 1.165) is 17.8 Å². The van der Waals surface area contributed by atoms with Gasteiger partial charge in [0.15, 0.2) is 0 Å². The lowest BCUT2D eigenvalue weighted by atomic mass is 10.1. The van der Waals surface area contributed by atoms with Crippen molar-refractivity contribution in [3.63, 3.8) is 0 Å². The van der Waals surface area contributed by atoms with Crippen molar-refractivity contribution in [2.24, 2.45) is 0 Å². The molecule has 2 N–H and O–H groups in total. The van der Waals surface area contributed by atoms with Crippen molar-refractivity contribution >= 4 is 29.1 Å². The Hall–Kier alpha value is -3.41. The SMILES string of the molecule is CCOC(=O)c1ccc(Nc2nccc(Nc3c(C)cccc3CC)n2)cc1. The lowest BCUT2D eigenvalue weighted by molar-refractivity contribution is 0.0526. The van der Waals surface area contributed by atoms with Gasteiger partial charge in [-0.1, -0.05) is 25.1 Å². The second kappa shape index (κ2) is 8.99. The molecule has 6 heteroatoms. The molecule has 0 aliphatic rings. The molecule has 0 atom stereocenters. The number of carbonyl (C=O) groups is 1. The number of ether oxygens (including phenoxy) is 1. The minimum Gasteiger partial charge on any atom is -0.462 e. The molecule has 0 spiro atoms. The number of esters is 1. The number of hydrogen-bond acceptors (Lipinski definition) is 6. The van der Waals surface area contributed by atoms with Crippen LogP contribution in [0.4, 0.5) is 23.1 Å². The van der Waals surface area contributed by atoms with Gasteiger partial charge in [-0.05, 0) is 61.7 Å². The first-order valence-electron chi connectivity index (χ1n) is 9.33. The summed E-state index contributed by atoms with van der Waals surface area (Å²) in [6.45, 7) is 6.35. The van der Waals surface area contributed by atoms with Crippen LogP contribution >= 0.6 is 0 Å². The maximum absolute atomic E-state index is 11.7. The Bertz CT molecular complexity index is 955. The molecular weight excluding hydrogens is 352 g/mol. The summed E-state index contributed by atoms with van der Waals surface area (Å²) in [6.07, 6.45) is 2.64.